The summed E-state index contributed by atoms with van der Waals surface area (Å²) in [6.07, 6.45) is 7.91. The number of hydrogen-bond donors (Lipinski definition) is 0. The van der Waals surface area contributed by atoms with E-state index in [-0.39, 0.29) is 11.5 Å². The highest BCUT2D eigenvalue weighted by molar-refractivity contribution is 6.05. The summed E-state index contributed by atoms with van der Waals surface area (Å²) in [5.41, 5.74) is 11.3. The maximum atomic E-state index is 4.53. The van der Waals surface area contributed by atoms with E-state index in [9.17, 15) is 0 Å². The van der Waals surface area contributed by atoms with Crippen molar-refractivity contribution in [2.75, 3.05) is 4.90 Å². The van der Waals surface area contributed by atoms with Crippen molar-refractivity contribution in [1.29, 1.82) is 0 Å². The van der Waals surface area contributed by atoms with Gasteiger partial charge in [0.1, 0.15) is 0 Å². The van der Waals surface area contributed by atoms with E-state index in [2.05, 4.69) is 87.0 Å². The van der Waals surface area contributed by atoms with E-state index in [1.165, 1.54) is 55.9 Å². The zero-order valence-electron chi connectivity index (χ0n) is 16.9. The number of rotatable bonds is 0. The van der Waals surface area contributed by atoms with Gasteiger partial charge in [0.25, 0.3) is 0 Å². The van der Waals surface area contributed by atoms with Crippen LogP contribution in [-0.2, 0) is 5.54 Å². The Bertz CT molecular complexity index is 1470. The lowest BCUT2D eigenvalue weighted by atomic mass is 9.68. The molecular formula is C27H18N4. The number of para-hydroxylation sites is 2. The van der Waals surface area contributed by atoms with Gasteiger partial charge >= 0.3 is 0 Å². The van der Waals surface area contributed by atoms with Crippen molar-refractivity contribution >= 4 is 22.3 Å². The third-order valence-electron chi connectivity index (χ3n) is 7.57. The van der Waals surface area contributed by atoms with E-state index in [0.717, 1.165) is 0 Å². The van der Waals surface area contributed by atoms with Gasteiger partial charge < -0.3 is 9.47 Å². The first kappa shape index (κ1) is 15.9. The molecule has 8 rings (SSSR count). The predicted octanol–water partition coefficient (Wildman–Crippen LogP) is 5.91. The Morgan fingerprint density at radius 3 is 2.48 bits per heavy atom. The topological polar surface area (TPSA) is 34.0 Å². The Morgan fingerprint density at radius 1 is 0.774 bits per heavy atom. The van der Waals surface area contributed by atoms with Crippen molar-refractivity contribution < 1.29 is 0 Å². The van der Waals surface area contributed by atoms with Crippen molar-refractivity contribution in [3.63, 3.8) is 0 Å². The first-order chi connectivity index (χ1) is 15.3. The average molecular weight is 398 g/mol. The van der Waals surface area contributed by atoms with Gasteiger partial charge in [-0.1, -0.05) is 36.4 Å². The molecule has 2 unspecified atom stereocenters. The molecule has 0 spiro atoms. The highest BCUT2D eigenvalue weighted by atomic mass is 15.3. The van der Waals surface area contributed by atoms with Crippen molar-refractivity contribution in [2.24, 2.45) is 0 Å². The summed E-state index contributed by atoms with van der Waals surface area (Å²) in [6, 6.07) is 22.1. The molecule has 0 radical (unpaired) electrons. The van der Waals surface area contributed by atoms with Crippen molar-refractivity contribution in [3.8, 4) is 16.8 Å². The number of fused-ring (bicyclic) bond motifs is 12. The minimum atomic E-state index is -0.248. The zero-order valence-corrected chi connectivity index (χ0v) is 16.9. The van der Waals surface area contributed by atoms with E-state index in [4.69, 9.17) is 0 Å². The third-order valence-corrected chi connectivity index (χ3v) is 7.57. The molecule has 4 nitrogen and oxygen atoms in total. The van der Waals surface area contributed by atoms with Gasteiger partial charge in [0.2, 0.25) is 0 Å². The van der Waals surface area contributed by atoms with Crippen LogP contribution < -0.4 is 4.90 Å². The standard InChI is InChI=1S/C27H18N4/c1-27-25-17-7-3-2-6-16(17)24-18-10-12-28-14-22(18)30(26(24)27)20-8-4-5-9-21(20)31(27)23-15-29-13-11-19(23)25/h2-15,25H,1H3. The molecule has 0 saturated carbocycles. The van der Waals surface area contributed by atoms with Crippen LogP contribution in [0.15, 0.2) is 85.5 Å². The van der Waals surface area contributed by atoms with Gasteiger partial charge in [-0.3, -0.25) is 9.97 Å². The monoisotopic (exact) mass is 398 g/mol. The van der Waals surface area contributed by atoms with Gasteiger partial charge in [0.05, 0.1) is 46.2 Å². The Balaban J connectivity index is 1.69. The Labute approximate surface area is 179 Å². The minimum Gasteiger partial charge on any atom is -0.326 e. The van der Waals surface area contributed by atoms with Crippen LogP contribution in [0.3, 0.4) is 0 Å². The normalized spacial score (nSPS) is 21.5. The quantitative estimate of drug-likeness (QED) is 0.325. The molecule has 0 bridgehead atoms. The summed E-state index contributed by atoms with van der Waals surface area (Å²) in [5.74, 6) is 0.235. The van der Waals surface area contributed by atoms with Gasteiger partial charge in [0.15, 0.2) is 0 Å². The fourth-order valence-electron chi connectivity index (χ4n) is 6.56. The minimum absolute atomic E-state index is 0.235. The number of pyridine rings is 2. The fraction of sp³-hybridized carbons (Fsp3) is 0.111. The van der Waals surface area contributed by atoms with Crippen molar-refractivity contribution in [2.45, 2.75) is 18.4 Å². The largest absolute Gasteiger partial charge is 0.326 e. The summed E-state index contributed by atoms with van der Waals surface area (Å²) >= 11 is 0. The Kier molecular flexibility index (Phi) is 2.58. The zero-order chi connectivity index (χ0) is 20.3. The van der Waals surface area contributed by atoms with E-state index in [0.29, 0.717) is 0 Å². The van der Waals surface area contributed by atoms with E-state index < -0.39 is 0 Å². The molecule has 2 aromatic carbocycles. The third kappa shape index (κ3) is 1.57. The molecule has 0 fully saturated rings. The van der Waals surface area contributed by atoms with Crippen LogP contribution in [0.5, 0.6) is 0 Å². The number of benzene rings is 2. The smallest absolute Gasteiger partial charge is 0.0945 e. The van der Waals surface area contributed by atoms with E-state index >= 15 is 0 Å². The molecule has 31 heavy (non-hydrogen) atoms. The Hall–Kier alpha value is -3.92. The van der Waals surface area contributed by atoms with Crippen LogP contribution >= 0.6 is 0 Å². The second kappa shape index (κ2) is 5.03. The molecular weight excluding hydrogens is 380 g/mol. The lowest BCUT2D eigenvalue weighted by Gasteiger charge is -2.49. The average Bonchev–Trinajstić information content (AvgIpc) is 3.30. The maximum absolute atomic E-state index is 4.53. The first-order valence-corrected chi connectivity index (χ1v) is 10.7. The molecule has 3 aliphatic rings. The Morgan fingerprint density at radius 2 is 1.55 bits per heavy atom. The molecule has 4 heteroatoms. The summed E-state index contributed by atoms with van der Waals surface area (Å²) in [7, 11) is 0. The highest BCUT2D eigenvalue weighted by Crippen LogP contribution is 2.67. The van der Waals surface area contributed by atoms with Gasteiger partial charge in [0, 0.05) is 29.3 Å². The molecule has 146 valence electrons. The second-order valence-corrected chi connectivity index (χ2v) is 8.88. The number of aromatic nitrogens is 3. The number of anilines is 2. The second-order valence-electron chi connectivity index (χ2n) is 8.88. The molecule has 2 aliphatic heterocycles. The SMILES string of the molecule is CC12c3c4c5ccncc5n3-c3ccccc3N1c1cnccc1C2c1ccccc1-4. The number of hydrogen-bond acceptors (Lipinski definition) is 3. The lowest BCUT2D eigenvalue weighted by molar-refractivity contribution is 0.422. The molecule has 2 atom stereocenters. The summed E-state index contributed by atoms with van der Waals surface area (Å²) in [4.78, 5) is 11.6. The van der Waals surface area contributed by atoms with Gasteiger partial charge in [-0.25, -0.2) is 0 Å². The van der Waals surface area contributed by atoms with Crippen LogP contribution in [0.1, 0.15) is 29.7 Å². The molecule has 0 N–H and O–H groups in total. The summed E-state index contributed by atoms with van der Waals surface area (Å²) in [5, 5.41) is 1.27. The lowest BCUT2D eigenvalue weighted by Crippen LogP contribution is -2.47. The molecule has 3 aromatic heterocycles. The van der Waals surface area contributed by atoms with Gasteiger partial charge in [-0.2, -0.15) is 0 Å². The molecule has 1 aliphatic carbocycles. The molecule has 0 amide bonds. The predicted molar refractivity (Wildman–Crippen MR) is 122 cm³/mol. The highest BCUT2D eigenvalue weighted by Gasteiger charge is 2.58. The fourth-order valence-corrected chi connectivity index (χ4v) is 6.56. The van der Waals surface area contributed by atoms with Crippen molar-refractivity contribution in [1.82, 2.24) is 14.5 Å². The van der Waals surface area contributed by atoms with Crippen LogP contribution in [0.4, 0.5) is 11.4 Å². The van der Waals surface area contributed by atoms with Crippen LogP contribution in [0.25, 0.3) is 27.7 Å². The molecule has 5 heterocycles. The van der Waals surface area contributed by atoms with Crippen LogP contribution in [0.2, 0.25) is 0 Å². The maximum Gasteiger partial charge on any atom is 0.0945 e. The molecule has 5 aromatic rings. The summed E-state index contributed by atoms with van der Waals surface area (Å²) in [6.45, 7) is 2.41. The van der Waals surface area contributed by atoms with Gasteiger partial charge in [-0.15, -0.1) is 0 Å². The summed E-state index contributed by atoms with van der Waals surface area (Å²) < 4.78 is 2.46. The van der Waals surface area contributed by atoms with Crippen LogP contribution in [-0.4, -0.2) is 14.5 Å². The van der Waals surface area contributed by atoms with Crippen LogP contribution in [0, 0.1) is 0 Å². The van der Waals surface area contributed by atoms with Crippen molar-refractivity contribution in [3.05, 3.63) is 102 Å². The molecule has 0 saturated heterocycles. The van der Waals surface area contributed by atoms with Gasteiger partial charge in [-0.05, 0) is 47.9 Å². The van der Waals surface area contributed by atoms with E-state index in [1.807, 2.05) is 24.8 Å². The van der Waals surface area contributed by atoms with E-state index in [1.54, 1.807) is 0 Å². The number of nitrogens with zero attached hydrogens (tertiary/aromatic N) is 4. The first-order valence-electron chi connectivity index (χ1n) is 10.7.